The molecule has 0 bridgehead atoms. The summed E-state index contributed by atoms with van der Waals surface area (Å²) in [5.41, 5.74) is 0.523. The van der Waals surface area contributed by atoms with Crippen LogP contribution in [0.15, 0.2) is 30.3 Å². The van der Waals surface area contributed by atoms with E-state index in [1.807, 2.05) is 12.3 Å². The van der Waals surface area contributed by atoms with Gasteiger partial charge in [0.25, 0.3) is 5.91 Å². The Morgan fingerprint density at radius 3 is 2.48 bits per heavy atom. The van der Waals surface area contributed by atoms with Gasteiger partial charge in [0.1, 0.15) is 6.04 Å². The second-order valence-electron chi connectivity index (χ2n) is 4.77. The molecule has 0 heterocycles. The Morgan fingerprint density at radius 1 is 1.24 bits per heavy atom. The van der Waals surface area contributed by atoms with Crippen LogP contribution in [0.3, 0.4) is 0 Å². The molecule has 0 aliphatic carbocycles. The van der Waals surface area contributed by atoms with Crippen molar-refractivity contribution in [3.8, 4) is 0 Å². The number of aliphatic hydroxyl groups excluding tert-OH is 1. The van der Waals surface area contributed by atoms with Gasteiger partial charge < -0.3 is 15.7 Å². The molecule has 0 spiro atoms. The quantitative estimate of drug-likeness (QED) is 0.670. The fourth-order valence-electron chi connectivity index (χ4n) is 1.72. The van der Waals surface area contributed by atoms with Crippen molar-refractivity contribution in [3.63, 3.8) is 0 Å². The van der Waals surface area contributed by atoms with Gasteiger partial charge in [-0.2, -0.15) is 11.8 Å². The third kappa shape index (κ3) is 6.18. The Labute approximate surface area is 129 Å². The summed E-state index contributed by atoms with van der Waals surface area (Å²) in [5, 5.41) is 14.4. The third-order valence-electron chi connectivity index (χ3n) is 2.93. The molecule has 0 aliphatic heterocycles. The first-order valence-corrected chi connectivity index (χ1v) is 8.24. The fourth-order valence-corrected chi connectivity index (χ4v) is 2.20. The van der Waals surface area contributed by atoms with E-state index in [2.05, 4.69) is 10.6 Å². The van der Waals surface area contributed by atoms with Crippen LogP contribution in [-0.4, -0.2) is 47.6 Å². The van der Waals surface area contributed by atoms with E-state index in [0.717, 1.165) is 5.75 Å². The predicted molar refractivity (Wildman–Crippen MR) is 85.4 cm³/mol. The van der Waals surface area contributed by atoms with E-state index in [-0.39, 0.29) is 24.5 Å². The van der Waals surface area contributed by atoms with Gasteiger partial charge in [-0.05, 0) is 37.5 Å². The highest BCUT2D eigenvalue weighted by Crippen LogP contribution is 2.04. The van der Waals surface area contributed by atoms with Crippen molar-refractivity contribution in [2.24, 2.45) is 0 Å². The highest BCUT2D eigenvalue weighted by Gasteiger charge is 2.22. The zero-order chi connectivity index (χ0) is 15.7. The Hall–Kier alpha value is -1.53. The molecule has 21 heavy (non-hydrogen) atoms. The van der Waals surface area contributed by atoms with Crippen LogP contribution in [0, 0.1) is 0 Å². The van der Waals surface area contributed by atoms with Gasteiger partial charge in [-0.3, -0.25) is 9.59 Å². The number of amides is 2. The van der Waals surface area contributed by atoms with Crippen molar-refractivity contribution in [2.75, 3.05) is 18.6 Å². The maximum Gasteiger partial charge on any atom is 0.251 e. The van der Waals surface area contributed by atoms with Gasteiger partial charge in [-0.25, -0.2) is 0 Å². The van der Waals surface area contributed by atoms with Gasteiger partial charge in [-0.1, -0.05) is 18.2 Å². The minimum Gasteiger partial charge on any atom is -0.394 e. The Morgan fingerprint density at radius 2 is 1.90 bits per heavy atom. The highest BCUT2D eigenvalue weighted by atomic mass is 32.2. The lowest BCUT2D eigenvalue weighted by molar-refractivity contribution is -0.123. The molecule has 2 atom stereocenters. The molecule has 5 nitrogen and oxygen atoms in total. The number of nitrogens with one attached hydrogen (secondary N) is 2. The van der Waals surface area contributed by atoms with E-state index in [9.17, 15) is 9.59 Å². The molecular weight excluding hydrogens is 288 g/mol. The van der Waals surface area contributed by atoms with Gasteiger partial charge in [0.2, 0.25) is 5.91 Å². The monoisotopic (exact) mass is 310 g/mol. The molecule has 0 radical (unpaired) electrons. The van der Waals surface area contributed by atoms with E-state index in [4.69, 9.17) is 5.11 Å². The van der Waals surface area contributed by atoms with Gasteiger partial charge in [0, 0.05) is 11.6 Å². The van der Waals surface area contributed by atoms with Crippen molar-refractivity contribution < 1.29 is 14.7 Å². The van der Waals surface area contributed by atoms with E-state index < -0.39 is 6.04 Å². The van der Waals surface area contributed by atoms with Crippen molar-refractivity contribution in [2.45, 2.75) is 25.4 Å². The fraction of sp³-hybridized carbons (Fsp3) is 0.467. The summed E-state index contributed by atoms with van der Waals surface area (Å²) >= 11 is 1.61. The van der Waals surface area contributed by atoms with Crippen LogP contribution >= 0.6 is 11.8 Å². The molecule has 0 saturated carbocycles. The summed E-state index contributed by atoms with van der Waals surface area (Å²) in [7, 11) is 0. The van der Waals surface area contributed by atoms with E-state index in [0.29, 0.717) is 12.0 Å². The summed E-state index contributed by atoms with van der Waals surface area (Å²) in [6.07, 6.45) is 2.49. The normalized spacial score (nSPS) is 13.3. The summed E-state index contributed by atoms with van der Waals surface area (Å²) in [6, 6.07) is 7.86. The number of hydrogen-bond acceptors (Lipinski definition) is 4. The molecule has 0 aromatic heterocycles. The number of thioether (sulfide) groups is 1. The summed E-state index contributed by atoms with van der Waals surface area (Å²) in [6.45, 7) is 1.58. The van der Waals surface area contributed by atoms with Gasteiger partial charge in [0.15, 0.2) is 0 Å². The van der Waals surface area contributed by atoms with Crippen LogP contribution < -0.4 is 10.6 Å². The number of rotatable bonds is 8. The predicted octanol–water partition coefficient (Wildman–Crippen LogP) is 1.04. The Balaban J connectivity index is 2.69. The smallest absolute Gasteiger partial charge is 0.251 e. The lowest BCUT2D eigenvalue weighted by atomic mass is 10.1. The second kappa shape index (κ2) is 9.41. The zero-order valence-electron chi connectivity index (χ0n) is 12.3. The van der Waals surface area contributed by atoms with Crippen LogP contribution in [-0.2, 0) is 4.79 Å². The van der Waals surface area contributed by atoms with Crippen molar-refractivity contribution in [3.05, 3.63) is 35.9 Å². The van der Waals surface area contributed by atoms with Crippen LogP contribution in [0.2, 0.25) is 0 Å². The van der Waals surface area contributed by atoms with Crippen LogP contribution in [0.5, 0.6) is 0 Å². The molecule has 1 aromatic carbocycles. The molecule has 0 unspecified atom stereocenters. The SMILES string of the molecule is CSCC[C@@H](NC(=O)c1ccccc1)C(=O)N[C@@H](C)CO. The first-order chi connectivity index (χ1) is 10.1. The van der Waals surface area contributed by atoms with E-state index in [1.54, 1.807) is 43.0 Å². The first-order valence-electron chi connectivity index (χ1n) is 6.84. The highest BCUT2D eigenvalue weighted by molar-refractivity contribution is 7.98. The zero-order valence-corrected chi connectivity index (χ0v) is 13.2. The third-order valence-corrected chi connectivity index (χ3v) is 3.57. The minimum atomic E-state index is -0.598. The molecule has 6 heteroatoms. The molecule has 3 N–H and O–H groups in total. The first kappa shape index (κ1) is 17.5. The van der Waals surface area contributed by atoms with Gasteiger partial charge >= 0.3 is 0 Å². The number of hydrogen-bond donors (Lipinski definition) is 3. The van der Waals surface area contributed by atoms with Crippen molar-refractivity contribution in [1.82, 2.24) is 10.6 Å². The average molecular weight is 310 g/mol. The number of aliphatic hydroxyl groups is 1. The topological polar surface area (TPSA) is 78.4 Å². The number of carbonyl (C=O) groups excluding carboxylic acids is 2. The Kier molecular flexibility index (Phi) is 7.85. The van der Waals surface area contributed by atoms with Gasteiger partial charge in [-0.15, -0.1) is 0 Å². The summed E-state index contributed by atoms with van der Waals surface area (Å²) < 4.78 is 0. The molecule has 0 fully saturated rings. The lowest BCUT2D eigenvalue weighted by Gasteiger charge is -2.20. The minimum absolute atomic E-state index is 0.131. The summed E-state index contributed by atoms with van der Waals surface area (Å²) in [5.74, 6) is 0.226. The summed E-state index contributed by atoms with van der Waals surface area (Å²) in [4.78, 5) is 24.3. The van der Waals surface area contributed by atoms with Crippen LogP contribution in [0.25, 0.3) is 0 Å². The van der Waals surface area contributed by atoms with Crippen molar-refractivity contribution in [1.29, 1.82) is 0 Å². The maximum absolute atomic E-state index is 12.1. The number of carbonyl (C=O) groups is 2. The lowest BCUT2D eigenvalue weighted by Crippen LogP contribution is -2.50. The molecule has 1 rings (SSSR count). The number of benzene rings is 1. The van der Waals surface area contributed by atoms with E-state index in [1.165, 1.54) is 0 Å². The molecule has 2 amide bonds. The van der Waals surface area contributed by atoms with Crippen molar-refractivity contribution >= 4 is 23.6 Å². The molecule has 116 valence electrons. The molecular formula is C15H22N2O3S. The Bertz CT molecular complexity index is 453. The average Bonchev–Trinajstić information content (AvgIpc) is 2.51. The molecule has 0 saturated heterocycles. The van der Waals surface area contributed by atoms with Crippen LogP contribution in [0.4, 0.5) is 0 Å². The second-order valence-corrected chi connectivity index (χ2v) is 5.75. The van der Waals surface area contributed by atoms with Gasteiger partial charge in [0.05, 0.1) is 6.61 Å². The maximum atomic E-state index is 12.1. The standard InChI is InChI=1S/C15H22N2O3S/c1-11(10-18)16-15(20)13(8-9-21-2)17-14(19)12-6-4-3-5-7-12/h3-7,11,13,18H,8-10H2,1-2H3,(H,16,20)(H,17,19)/t11-,13+/m0/s1. The largest absolute Gasteiger partial charge is 0.394 e. The van der Waals surface area contributed by atoms with E-state index >= 15 is 0 Å². The van der Waals surface area contributed by atoms with Crippen LogP contribution in [0.1, 0.15) is 23.7 Å². The molecule has 0 aliphatic rings. The molecule has 1 aromatic rings.